The van der Waals surface area contributed by atoms with Gasteiger partial charge in [0.1, 0.15) is 0 Å². The summed E-state index contributed by atoms with van der Waals surface area (Å²) in [6.07, 6.45) is 1.61. The zero-order chi connectivity index (χ0) is 13.0. The molecule has 0 aliphatic heterocycles. The van der Waals surface area contributed by atoms with Crippen molar-refractivity contribution in [3.8, 4) is 5.75 Å². The van der Waals surface area contributed by atoms with E-state index in [2.05, 4.69) is 4.98 Å². The van der Waals surface area contributed by atoms with Crippen LogP contribution in [0.1, 0.15) is 0 Å². The third-order valence-corrected chi connectivity index (χ3v) is 3.12. The first-order valence-corrected chi connectivity index (χ1v) is 6.10. The number of carbonyl (C=O) groups excluding carboxylic acids is 1. The highest BCUT2D eigenvalue weighted by Gasteiger charge is 2.14. The van der Waals surface area contributed by atoms with Crippen molar-refractivity contribution in [1.82, 2.24) is 4.98 Å². The number of ether oxygens (including phenoxy) is 1. The normalized spacial score (nSPS) is 10.1. The van der Waals surface area contributed by atoms with Crippen LogP contribution in [0.25, 0.3) is 0 Å². The van der Waals surface area contributed by atoms with Crippen LogP contribution in [0.2, 0.25) is 0 Å². The molecule has 0 N–H and O–H groups in total. The van der Waals surface area contributed by atoms with Gasteiger partial charge in [-0.1, -0.05) is 12.1 Å². The van der Waals surface area contributed by atoms with Gasteiger partial charge in [-0.15, -0.1) is 11.3 Å². The molecule has 1 aromatic carbocycles. The third-order valence-electron chi connectivity index (χ3n) is 2.27. The largest absolute Gasteiger partial charge is 0.481 e. The van der Waals surface area contributed by atoms with Crippen molar-refractivity contribution in [3.05, 3.63) is 41.7 Å². The first-order valence-electron chi connectivity index (χ1n) is 5.22. The molecule has 0 unspecified atom stereocenters. The van der Waals surface area contributed by atoms with E-state index in [9.17, 15) is 9.18 Å². The molecule has 94 valence electrons. The van der Waals surface area contributed by atoms with Gasteiger partial charge in [0.15, 0.2) is 23.3 Å². The summed E-state index contributed by atoms with van der Waals surface area (Å²) in [5, 5.41) is 2.36. The number of aromatic nitrogens is 1. The number of halogens is 1. The second-order valence-corrected chi connectivity index (χ2v) is 4.36. The Bertz CT molecular complexity index is 531. The molecular formula is C12H11FN2O2S. The van der Waals surface area contributed by atoms with Gasteiger partial charge in [-0.3, -0.25) is 9.69 Å². The van der Waals surface area contributed by atoms with E-state index in [1.807, 2.05) is 0 Å². The first kappa shape index (κ1) is 12.5. The minimum Gasteiger partial charge on any atom is -0.481 e. The number of benzene rings is 1. The molecule has 1 aromatic heterocycles. The van der Waals surface area contributed by atoms with Crippen LogP contribution in [0.4, 0.5) is 9.52 Å². The van der Waals surface area contributed by atoms with Crippen molar-refractivity contribution >= 4 is 22.4 Å². The fraction of sp³-hybridized carbons (Fsp3) is 0.167. The van der Waals surface area contributed by atoms with E-state index < -0.39 is 5.82 Å². The highest BCUT2D eigenvalue weighted by atomic mass is 32.1. The summed E-state index contributed by atoms with van der Waals surface area (Å²) >= 11 is 1.35. The van der Waals surface area contributed by atoms with Gasteiger partial charge in [0.2, 0.25) is 0 Å². The molecule has 2 rings (SSSR count). The maximum absolute atomic E-state index is 13.3. The fourth-order valence-corrected chi connectivity index (χ4v) is 1.91. The number of hydrogen-bond acceptors (Lipinski definition) is 4. The minimum atomic E-state index is -0.484. The summed E-state index contributed by atoms with van der Waals surface area (Å²) in [5.74, 6) is -0.700. The topological polar surface area (TPSA) is 42.4 Å². The molecule has 0 aliphatic carbocycles. The summed E-state index contributed by atoms with van der Waals surface area (Å²) in [5.41, 5.74) is 0. The van der Waals surface area contributed by atoms with Crippen LogP contribution in [0.3, 0.4) is 0 Å². The van der Waals surface area contributed by atoms with Crippen LogP contribution in [-0.2, 0) is 4.79 Å². The fourth-order valence-electron chi connectivity index (χ4n) is 1.29. The number of hydrogen-bond donors (Lipinski definition) is 0. The van der Waals surface area contributed by atoms with Gasteiger partial charge >= 0.3 is 0 Å². The Morgan fingerprint density at radius 2 is 2.28 bits per heavy atom. The molecule has 0 aliphatic rings. The molecule has 0 spiro atoms. The lowest BCUT2D eigenvalue weighted by molar-refractivity contribution is -0.120. The summed E-state index contributed by atoms with van der Waals surface area (Å²) < 4.78 is 18.4. The smallest absolute Gasteiger partial charge is 0.266 e. The average Bonchev–Trinajstić information content (AvgIpc) is 2.90. The number of anilines is 1. The van der Waals surface area contributed by atoms with Gasteiger partial charge in [-0.05, 0) is 12.1 Å². The molecule has 0 fully saturated rings. The molecule has 1 heterocycles. The number of amides is 1. The van der Waals surface area contributed by atoms with E-state index in [1.54, 1.807) is 30.8 Å². The van der Waals surface area contributed by atoms with E-state index in [4.69, 9.17) is 4.74 Å². The van der Waals surface area contributed by atoms with Gasteiger partial charge in [0.25, 0.3) is 5.91 Å². The summed E-state index contributed by atoms with van der Waals surface area (Å²) in [7, 11) is 1.60. The summed E-state index contributed by atoms with van der Waals surface area (Å²) in [6.45, 7) is -0.225. The Balaban J connectivity index is 1.95. The van der Waals surface area contributed by atoms with Crippen LogP contribution in [0.5, 0.6) is 5.75 Å². The third kappa shape index (κ3) is 2.84. The monoisotopic (exact) mass is 266 g/mol. The molecule has 18 heavy (non-hydrogen) atoms. The second kappa shape index (κ2) is 5.59. The lowest BCUT2D eigenvalue weighted by atomic mass is 10.3. The zero-order valence-electron chi connectivity index (χ0n) is 9.67. The van der Waals surface area contributed by atoms with E-state index in [1.165, 1.54) is 28.4 Å². The number of thiazole rings is 1. The zero-order valence-corrected chi connectivity index (χ0v) is 10.5. The van der Waals surface area contributed by atoms with Gasteiger partial charge in [0, 0.05) is 18.6 Å². The molecule has 6 heteroatoms. The van der Waals surface area contributed by atoms with Crippen LogP contribution < -0.4 is 9.64 Å². The standard InChI is InChI=1S/C12H11FN2O2S/c1-15(12-14-6-7-18-12)11(16)8-17-10-5-3-2-4-9(10)13/h2-7H,8H2,1H3. The molecule has 0 radical (unpaired) electrons. The second-order valence-electron chi connectivity index (χ2n) is 3.49. The van der Waals surface area contributed by atoms with Crippen molar-refractivity contribution in [1.29, 1.82) is 0 Å². The molecule has 2 aromatic rings. The maximum Gasteiger partial charge on any atom is 0.266 e. The van der Waals surface area contributed by atoms with Gasteiger partial charge < -0.3 is 4.74 Å². The number of rotatable bonds is 4. The SMILES string of the molecule is CN(C(=O)COc1ccccc1F)c1nccs1. The summed E-state index contributed by atoms with van der Waals surface area (Å²) in [4.78, 5) is 17.2. The van der Waals surface area contributed by atoms with Crippen LogP contribution in [0, 0.1) is 5.82 Å². The van der Waals surface area contributed by atoms with Crippen molar-refractivity contribution < 1.29 is 13.9 Å². The number of nitrogens with zero attached hydrogens (tertiary/aromatic N) is 2. The van der Waals surface area contributed by atoms with E-state index in [0.29, 0.717) is 5.13 Å². The van der Waals surface area contributed by atoms with Crippen LogP contribution in [0.15, 0.2) is 35.8 Å². The van der Waals surface area contributed by atoms with Gasteiger partial charge in [-0.2, -0.15) is 0 Å². The molecule has 0 saturated heterocycles. The summed E-state index contributed by atoms with van der Waals surface area (Å²) in [6, 6.07) is 5.97. The molecule has 0 atom stereocenters. The maximum atomic E-state index is 13.3. The Labute approximate surface area is 108 Å². The molecule has 4 nitrogen and oxygen atoms in total. The first-order chi connectivity index (χ1) is 8.68. The van der Waals surface area contributed by atoms with E-state index >= 15 is 0 Å². The Hall–Kier alpha value is -1.95. The van der Waals surface area contributed by atoms with Gasteiger partial charge in [0.05, 0.1) is 0 Å². The van der Waals surface area contributed by atoms with E-state index in [0.717, 1.165) is 0 Å². The minimum absolute atomic E-state index is 0.0680. The predicted molar refractivity (Wildman–Crippen MR) is 67.4 cm³/mol. The van der Waals surface area contributed by atoms with Crippen molar-refractivity contribution in [2.24, 2.45) is 0 Å². The Morgan fingerprint density at radius 1 is 1.50 bits per heavy atom. The van der Waals surface area contributed by atoms with Crippen LogP contribution >= 0.6 is 11.3 Å². The van der Waals surface area contributed by atoms with Crippen molar-refractivity contribution in [2.75, 3.05) is 18.6 Å². The van der Waals surface area contributed by atoms with E-state index in [-0.39, 0.29) is 18.3 Å². The quantitative estimate of drug-likeness (QED) is 0.853. The molecule has 0 saturated carbocycles. The predicted octanol–water partition coefficient (Wildman–Crippen LogP) is 2.32. The number of para-hydroxylation sites is 1. The number of likely N-dealkylation sites (N-methyl/N-ethyl adjacent to an activating group) is 1. The highest BCUT2D eigenvalue weighted by Crippen LogP contribution is 2.17. The lowest BCUT2D eigenvalue weighted by Gasteiger charge is -2.14. The highest BCUT2D eigenvalue weighted by molar-refractivity contribution is 7.13. The Morgan fingerprint density at radius 3 is 2.94 bits per heavy atom. The van der Waals surface area contributed by atoms with Crippen molar-refractivity contribution in [2.45, 2.75) is 0 Å². The average molecular weight is 266 g/mol. The van der Waals surface area contributed by atoms with Gasteiger partial charge in [-0.25, -0.2) is 9.37 Å². The lowest BCUT2D eigenvalue weighted by Crippen LogP contribution is -2.31. The molecule has 1 amide bonds. The molecule has 0 bridgehead atoms. The number of carbonyl (C=O) groups is 1. The van der Waals surface area contributed by atoms with Crippen LogP contribution in [-0.4, -0.2) is 24.5 Å². The van der Waals surface area contributed by atoms with Crippen molar-refractivity contribution in [3.63, 3.8) is 0 Å². The Kier molecular flexibility index (Phi) is 3.88. The molecular weight excluding hydrogens is 255 g/mol.